The van der Waals surface area contributed by atoms with Crippen molar-refractivity contribution >= 4 is 29.5 Å². The van der Waals surface area contributed by atoms with E-state index >= 15 is 0 Å². The molecule has 0 spiro atoms. The Morgan fingerprint density at radius 3 is 2.49 bits per heavy atom. The molecule has 2 nitrogen and oxygen atoms in total. The van der Waals surface area contributed by atoms with Gasteiger partial charge in [-0.15, -0.1) is 0 Å². The van der Waals surface area contributed by atoms with Gasteiger partial charge >= 0.3 is 0 Å². The minimum atomic E-state index is -0.0211. The number of aromatic nitrogens is 2. The molecule has 5 aromatic rings. The zero-order chi connectivity index (χ0) is 28.1. The smallest absolute Gasteiger partial charge is 0.123 e. The largest absolute Gasteiger partial charge is 0.299 e. The molecule has 0 saturated carbocycles. The van der Waals surface area contributed by atoms with Gasteiger partial charge in [0, 0.05) is 16.5 Å². The van der Waals surface area contributed by atoms with Gasteiger partial charge in [0.25, 0.3) is 0 Å². The maximum atomic E-state index is 4.80. The van der Waals surface area contributed by atoms with E-state index in [4.69, 9.17) is 4.98 Å². The highest BCUT2D eigenvalue weighted by Crippen LogP contribution is 2.49. The molecule has 0 aliphatic heterocycles. The zero-order valence-corrected chi connectivity index (χ0v) is 24.0. The van der Waals surface area contributed by atoms with Gasteiger partial charge < -0.3 is 0 Å². The van der Waals surface area contributed by atoms with E-state index in [1.165, 1.54) is 55.8 Å². The first-order valence-electron chi connectivity index (χ1n) is 14.5. The second kappa shape index (κ2) is 9.65. The summed E-state index contributed by atoms with van der Waals surface area (Å²) in [5.74, 6) is 0. The molecule has 0 N–H and O–H groups in total. The van der Waals surface area contributed by atoms with E-state index in [0.29, 0.717) is 0 Å². The van der Waals surface area contributed by atoms with Crippen molar-refractivity contribution < 1.29 is 0 Å². The van der Waals surface area contributed by atoms with Crippen LogP contribution >= 0.6 is 0 Å². The first kappa shape index (κ1) is 25.1. The van der Waals surface area contributed by atoms with Crippen molar-refractivity contribution in [3.8, 4) is 33.4 Å². The zero-order valence-electron chi connectivity index (χ0n) is 24.0. The predicted molar refractivity (Wildman–Crippen MR) is 173 cm³/mol. The fourth-order valence-corrected chi connectivity index (χ4v) is 6.59. The third-order valence-electron chi connectivity index (χ3n) is 8.49. The van der Waals surface area contributed by atoms with Crippen molar-refractivity contribution in [2.45, 2.75) is 39.5 Å². The van der Waals surface area contributed by atoms with E-state index in [9.17, 15) is 0 Å². The molecular formula is C39H32N2. The summed E-state index contributed by atoms with van der Waals surface area (Å²) in [6, 6.07) is 24.8. The van der Waals surface area contributed by atoms with Crippen LogP contribution in [0.15, 0.2) is 96.9 Å². The first-order chi connectivity index (χ1) is 20.1. The summed E-state index contributed by atoms with van der Waals surface area (Å²) in [7, 11) is 0. The van der Waals surface area contributed by atoms with Gasteiger partial charge in [0.1, 0.15) is 5.35 Å². The molecule has 3 aliphatic rings. The number of hydrogen-bond acceptors (Lipinski definition) is 1. The van der Waals surface area contributed by atoms with Gasteiger partial charge in [0.05, 0.1) is 22.8 Å². The molecule has 0 atom stereocenters. The monoisotopic (exact) mass is 528 g/mol. The molecule has 41 heavy (non-hydrogen) atoms. The van der Waals surface area contributed by atoms with E-state index in [1.54, 1.807) is 0 Å². The van der Waals surface area contributed by atoms with E-state index < -0.39 is 0 Å². The van der Waals surface area contributed by atoms with Crippen LogP contribution in [0.5, 0.6) is 0 Å². The minimum absolute atomic E-state index is 0.0211. The van der Waals surface area contributed by atoms with Crippen LogP contribution in [0.1, 0.15) is 56.5 Å². The van der Waals surface area contributed by atoms with Gasteiger partial charge in [-0.05, 0) is 81.5 Å². The van der Waals surface area contributed by atoms with Crippen molar-refractivity contribution in [2.24, 2.45) is 0 Å². The lowest BCUT2D eigenvalue weighted by Crippen LogP contribution is -2.34. The molecule has 0 bridgehead atoms. The molecule has 8 rings (SSSR count). The van der Waals surface area contributed by atoms with Crippen molar-refractivity contribution in [2.75, 3.05) is 0 Å². The number of rotatable bonds is 2. The quantitative estimate of drug-likeness (QED) is 0.211. The van der Waals surface area contributed by atoms with Gasteiger partial charge in [-0.2, -0.15) is 0 Å². The molecular weight excluding hydrogens is 496 g/mol. The summed E-state index contributed by atoms with van der Waals surface area (Å²) in [6.07, 6.45) is 15.8. The van der Waals surface area contributed by atoms with Crippen LogP contribution in [0.2, 0.25) is 0 Å². The third kappa shape index (κ3) is 3.77. The number of benzene rings is 3. The molecule has 0 saturated heterocycles. The molecule has 0 amide bonds. The number of allylic oxidation sites excluding steroid dienone is 3. The standard InChI is InChI=1S/C37H26N2.C2H6/c1-37(2)30-15-7-6-13-27(30)28-20-19-25(22-31(28)37)24-11-10-12-26(21-24)36-29-14-4-3-5-17-33(29)39-34-18-9-8-16-32(34)38-23-35(36)39;1-2/h4-8,10-17,19-23H,3H2,1-2H3;1-2H3. The molecule has 2 heterocycles. The van der Waals surface area contributed by atoms with Crippen LogP contribution in [0, 0.1) is 0 Å². The Balaban J connectivity index is 0.00000135. The van der Waals surface area contributed by atoms with Crippen LogP contribution in [-0.2, 0) is 5.41 Å². The topological polar surface area (TPSA) is 17.3 Å². The lowest BCUT2D eigenvalue weighted by molar-refractivity contribution is 0.660. The van der Waals surface area contributed by atoms with Gasteiger partial charge in [0.15, 0.2) is 0 Å². The second-order valence-corrected chi connectivity index (χ2v) is 11.0. The van der Waals surface area contributed by atoms with Gasteiger partial charge in [0.2, 0.25) is 0 Å². The van der Waals surface area contributed by atoms with Gasteiger partial charge in [-0.1, -0.05) is 106 Å². The molecule has 0 fully saturated rings. The Labute approximate surface area is 241 Å². The molecule has 0 radical (unpaired) electrons. The van der Waals surface area contributed by atoms with Crippen molar-refractivity contribution in [3.05, 3.63) is 130 Å². The highest BCUT2D eigenvalue weighted by molar-refractivity contribution is 5.94. The summed E-state index contributed by atoms with van der Waals surface area (Å²) < 4.78 is 2.29. The molecule has 3 aliphatic carbocycles. The molecule has 2 heteroatoms. The molecule has 3 aromatic carbocycles. The fraction of sp³-hybridized carbons (Fsp3) is 0.154. The van der Waals surface area contributed by atoms with Crippen molar-refractivity contribution in [1.82, 2.24) is 9.38 Å². The molecule has 0 unspecified atom stereocenters. The highest BCUT2D eigenvalue weighted by atomic mass is 14.9. The van der Waals surface area contributed by atoms with Crippen LogP contribution < -0.4 is 10.7 Å². The lowest BCUT2D eigenvalue weighted by atomic mass is 9.81. The summed E-state index contributed by atoms with van der Waals surface area (Å²) in [5, 5.41) is 1.87. The normalized spacial score (nSPS) is 14.6. The predicted octanol–water partition coefficient (Wildman–Crippen LogP) is 8.32. The Kier molecular flexibility index (Phi) is 5.91. The lowest BCUT2D eigenvalue weighted by Gasteiger charge is -2.22. The van der Waals surface area contributed by atoms with E-state index in [1.807, 2.05) is 32.2 Å². The van der Waals surface area contributed by atoms with Crippen LogP contribution in [0.25, 0.3) is 62.9 Å². The maximum absolute atomic E-state index is 4.80. The first-order valence-corrected chi connectivity index (χ1v) is 14.5. The SMILES string of the molecule is CC.CC1(C)c2ccccc2-c2ccc(-c3cccc(-c4c5c(n6c7c(ncc46)=CC=C=C=7)C=CCC=C5)c3)cc21. The van der Waals surface area contributed by atoms with Gasteiger partial charge in [-0.25, -0.2) is 0 Å². The summed E-state index contributed by atoms with van der Waals surface area (Å²) in [6.45, 7) is 8.68. The highest BCUT2D eigenvalue weighted by Gasteiger charge is 2.35. The summed E-state index contributed by atoms with van der Waals surface area (Å²) in [5.41, 5.74) is 20.3. The average Bonchev–Trinajstić information content (AvgIpc) is 3.32. The fourth-order valence-electron chi connectivity index (χ4n) is 6.59. The third-order valence-corrected chi connectivity index (χ3v) is 8.49. The maximum Gasteiger partial charge on any atom is 0.123 e. The Bertz CT molecular complexity index is 2140. The van der Waals surface area contributed by atoms with Gasteiger partial charge in [-0.3, -0.25) is 9.38 Å². The van der Waals surface area contributed by atoms with Crippen LogP contribution in [0.3, 0.4) is 0 Å². The Hall–Kier alpha value is -4.87. The summed E-state index contributed by atoms with van der Waals surface area (Å²) >= 11 is 0. The summed E-state index contributed by atoms with van der Waals surface area (Å²) in [4.78, 5) is 4.80. The minimum Gasteiger partial charge on any atom is -0.299 e. The molecule has 2 aromatic heterocycles. The average molecular weight is 529 g/mol. The van der Waals surface area contributed by atoms with Crippen molar-refractivity contribution in [1.29, 1.82) is 0 Å². The number of nitrogens with zero attached hydrogens (tertiary/aromatic N) is 2. The molecule has 198 valence electrons. The van der Waals surface area contributed by atoms with E-state index in [0.717, 1.165) is 22.6 Å². The number of hydrogen-bond donors (Lipinski definition) is 0. The number of fused-ring (bicyclic) bond motifs is 8. The second-order valence-electron chi connectivity index (χ2n) is 11.0. The van der Waals surface area contributed by atoms with E-state index in [2.05, 4.69) is 121 Å². The van der Waals surface area contributed by atoms with E-state index in [-0.39, 0.29) is 5.41 Å². The Morgan fingerprint density at radius 2 is 1.59 bits per heavy atom. The Morgan fingerprint density at radius 1 is 0.805 bits per heavy atom. The van der Waals surface area contributed by atoms with Crippen molar-refractivity contribution in [3.63, 3.8) is 0 Å². The van der Waals surface area contributed by atoms with Crippen LogP contribution in [-0.4, -0.2) is 9.38 Å². The van der Waals surface area contributed by atoms with Crippen LogP contribution in [0.4, 0.5) is 0 Å².